The normalized spacial score (nSPS) is 11.4. The van der Waals surface area contributed by atoms with Crippen LogP contribution in [0.2, 0.25) is 0 Å². The monoisotopic (exact) mass is 276 g/mol. The molecule has 1 aromatic rings. The third-order valence-corrected chi connectivity index (χ3v) is 2.91. The molecule has 1 rings (SSSR count). The highest BCUT2D eigenvalue weighted by Gasteiger charge is 2.21. The molecule has 0 unspecified atom stereocenters. The van der Waals surface area contributed by atoms with Crippen LogP contribution in [0.4, 0.5) is 4.79 Å². The van der Waals surface area contributed by atoms with Crippen molar-refractivity contribution < 1.29 is 14.7 Å². The van der Waals surface area contributed by atoms with Crippen LogP contribution in [-0.2, 0) is 11.2 Å². The van der Waals surface area contributed by atoms with E-state index in [1.165, 1.54) is 4.90 Å². The van der Waals surface area contributed by atoms with Crippen LogP contribution in [-0.4, -0.2) is 41.6 Å². The second-order valence-corrected chi connectivity index (χ2v) is 4.53. The maximum Gasteiger partial charge on any atom is 0.326 e. The van der Waals surface area contributed by atoms with E-state index in [0.717, 1.165) is 5.56 Å². The number of hydrogen-bond acceptors (Lipinski definition) is 2. The van der Waals surface area contributed by atoms with Crippen molar-refractivity contribution in [2.75, 3.05) is 13.6 Å². The van der Waals surface area contributed by atoms with Crippen molar-refractivity contribution in [3.8, 4) is 0 Å². The molecule has 0 aromatic heterocycles. The Kier molecular flexibility index (Phi) is 6.29. The Morgan fingerprint density at radius 3 is 2.60 bits per heavy atom. The van der Waals surface area contributed by atoms with E-state index < -0.39 is 18.0 Å². The number of rotatable bonds is 7. The number of carbonyl (C=O) groups excluding carboxylic acids is 1. The van der Waals surface area contributed by atoms with Gasteiger partial charge in [0, 0.05) is 13.6 Å². The van der Waals surface area contributed by atoms with Crippen molar-refractivity contribution in [2.45, 2.75) is 18.9 Å². The fourth-order valence-corrected chi connectivity index (χ4v) is 1.75. The van der Waals surface area contributed by atoms with E-state index in [1.807, 2.05) is 30.3 Å². The summed E-state index contributed by atoms with van der Waals surface area (Å²) in [5, 5.41) is 11.7. The van der Waals surface area contributed by atoms with Crippen LogP contribution >= 0.6 is 0 Å². The van der Waals surface area contributed by atoms with Gasteiger partial charge in [-0.15, -0.1) is 6.58 Å². The Morgan fingerprint density at radius 2 is 2.05 bits per heavy atom. The fraction of sp³-hybridized carbons (Fsp3) is 0.333. The first-order valence-electron chi connectivity index (χ1n) is 6.44. The molecule has 1 aromatic carbocycles. The maximum atomic E-state index is 11.8. The van der Waals surface area contributed by atoms with E-state index in [-0.39, 0.29) is 0 Å². The van der Waals surface area contributed by atoms with Crippen LogP contribution in [0, 0.1) is 0 Å². The molecular formula is C15H20N2O3. The summed E-state index contributed by atoms with van der Waals surface area (Å²) < 4.78 is 0. The van der Waals surface area contributed by atoms with E-state index >= 15 is 0 Å². The summed E-state index contributed by atoms with van der Waals surface area (Å²) >= 11 is 0. The molecular weight excluding hydrogens is 256 g/mol. The predicted octanol–water partition coefficient (Wildman–Crippen LogP) is 1.90. The number of aliphatic carboxylic acids is 1. The van der Waals surface area contributed by atoms with E-state index in [2.05, 4.69) is 11.9 Å². The average molecular weight is 276 g/mol. The summed E-state index contributed by atoms with van der Waals surface area (Å²) in [6, 6.07) is 8.28. The lowest BCUT2D eigenvalue weighted by Crippen LogP contribution is -2.46. The van der Waals surface area contributed by atoms with Crippen molar-refractivity contribution in [3.05, 3.63) is 48.6 Å². The summed E-state index contributed by atoms with van der Waals surface area (Å²) in [5.74, 6) is -1.03. The Morgan fingerprint density at radius 1 is 1.40 bits per heavy atom. The molecule has 2 amide bonds. The predicted molar refractivity (Wildman–Crippen MR) is 77.5 cm³/mol. The molecule has 0 saturated carbocycles. The molecule has 0 fully saturated rings. The second-order valence-electron chi connectivity index (χ2n) is 4.53. The van der Waals surface area contributed by atoms with Gasteiger partial charge >= 0.3 is 12.0 Å². The number of urea groups is 1. The molecule has 0 aliphatic carbocycles. The minimum Gasteiger partial charge on any atom is -0.480 e. The summed E-state index contributed by atoms with van der Waals surface area (Å²) in [4.78, 5) is 24.3. The number of aryl methyl sites for hydroxylation is 1. The van der Waals surface area contributed by atoms with Gasteiger partial charge in [0.15, 0.2) is 0 Å². The van der Waals surface area contributed by atoms with E-state index in [1.54, 1.807) is 13.1 Å². The number of carboxylic acid groups (broad SMARTS) is 1. The maximum absolute atomic E-state index is 11.8. The molecule has 108 valence electrons. The molecule has 1 atom stereocenters. The molecule has 0 radical (unpaired) electrons. The van der Waals surface area contributed by atoms with Crippen molar-refractivity contribution in [3.63, 3.8) is 0 Å². The van der Waals surface area contributed by atoms with Gasteiger partial charge in [0.25, 0.3) is 0 Å². The van der Waals surface area contributed by atoms with Crippen LogP contribution in [0.15, 0.2) is 43.0 Å². The van der Waals surface area contributed by atoms with Gasteiger partial charge in [-0.3, -0.25) is 0 Å². The zero-order chi connectivity index (χ0) is 15.0. The molecule has 2 N–H and O–H groups in total. The topological polar surface area (TPSA) is 69.6 Å². The smallest absolute Gasteiger partial charge is 0.326 e. The SMILES string of the molecule is C=CCN(C)C(=O)N[C@@H](CCc1ccccc1)C(=O)O. The molecule has 5 nitrogen and oxygen atoms in total. The van der Waals surface area contributed by atoms with Crippen LogP contribution in [0.1, 0.15) is 12.0 Å². The van der Waals surface area contributed by atoms with Gasteiger partial charge in [-0.2, -0.15) is 0 Å². The minimum atomic E-state index is -1.03. The lowest BCUT2D eigenvalue weighted by Gasteiger charge is -2.20. The zero-order valence-electron chi connectivity index (χ0n) is 11.6. The molecule has 20 heavy (non-hydrogen) atoms. The van der Waals surface area contributed by atoms with E-state index in [9.17, 15) is 9.59 Å². The number of carbonyl (C=O) groups is 2. The number of nitrogens with one attached hydrogen (secondary N) is 1. The summed E-state index contributed by atoms with van der Waals surface area (Å²) in [7, 11) is 1.59. The highest BCUT2D eigenvalue weighted by molar-refractivity contribution is 5.82. The van der Waals surface area contributed by atoms with Crippen molar-refractivity contribution in [1.82, 2.24) is 10.2 Å². The van der Waals surface area contributed by atoms with Crippen LogP contribution < -0.4 is 5.32 Å². The number of nitrogens with zero attached hydrogens (tertiary/aromatic N) is 1. The van der Waals surface area contributed by atoms with Crippen molar-refractivity contribution in [2.24, 2.45) is 0 Å². The number of benzene rings is 1. The molecule has 0 bridgehead atoms. The molecule has 0 aliphatic rings. The summed E-state index contributed by atoms with van der Waals surface area (Å²) in [6.45, 7) is 3.91. The number of likely N-dealkylation sites (N-methyl/N-ethyl adjacent to an activating group) is 1. The Labute approximate surface area is 118 Å². The van der Waals surface area contributed by atoms with Crippen LogP contribution in [0.3, 0.4) is 0 Å². The number of hydrogen-bond donors (Lipinski definition) is 2. The first kappa shape index (κ1) is 15.8. The Balaban J connectivity index is 2.54. The third-order valence-electron chi connectivity index (χ3n) is 2.91. The molecule has 0 heterocycles. The van der Waals surface area contributed by atoms with Crippen molar-refractivity contribution in [1.29, 1.82) is 0 Å². The van der Waals surface area contributed by atoms with Gasteiger partial charge in [-0.25, -0.2) is 9.59 Å². The van der Waals surface area contributed by atoms with Gasteiger partial charge in [0.05, 0.1) is 0 Å². The Hall–Kier alpha value is -2.30. The fourth-order valence-electron chi connectivity index (χ4n) is 1.75. The minimum absolute atomic E-state index is 0.354. The largest absolute Gasteiger partial charge is 0.480 e. The highest BCUT2D eigenvalue weighted by atomic mass is 16.4. The summed E-state index contributed by atoms with van der Waals surface area (Å²) in [6.07, 6.45) is 2.54. The lowest BCUT2D eigenvalue weighted by molar-refractivity contribution is -0.139. The molecule has 5 heteroatoms. The van der Waals surface area contributed by atoms with Gasteiger partial charge in [-0.1, -0.05) is 36.4 Å². The first-order chi connectivity index (χ1) is 9.54. The average Bonchev–Trinajstić information content (AvgIpc) is 2.44. The highest BCUT2D eigenvalue weighted by Crippen LogP contribution is 2.05. The summed E-state index contributed by atoms with van der Waals surface area (Å²) in [5.41, 5.74) is 1.05. The lowest BCUT2D eigenvalue weighted by atomic mass is 10.1. The Bertz CT molecular complexity index is 459. The van der Waals surface area contributed by atoms with E-state index in [0.29, 0.717) is 19.4 Å². The van der Waals surface area contributed by atoms with E-state index in [4.69, 9.17) is 5.11 Å². The van der Waals surface area contributed by atoms with Crippen LogP contribution in [0.5, 0.6) is 0 Å². The molecule has 0 spiro atoms. The quantitative estimate of drug-likeness (QED) is 0.747. The standard InChI is InChI=1S/C15H20N2O3/c1-3-11-17(2)15(20)16-13(14(18)19)10-9-12-7-5-4-6-8-12/h3-8,13H,1,9-11H2,2H3,(H,16,20)(H,18,19)/t13-/m0/s1. The number of carboxylic acids is 1. The second kappa shape index (κ2) is 7.99. The van der Waals surface area contributed by atoms with Gasteiger partial charge in [-0.05, 0) is 18.4 Å². The van der Waals surface area contributed by atoms with Gasteiger partial charge < -0.3 is 15.3 Å². The van der Waals surface area contributed by atoms with Crippen molar-refractivity contribution >= 4 is 12.0 Å². The van der Waals surface area contributed by atoms with Gasteiger partial charge in [0.2, 0.25) is 0 Å². The first-order valence-corrected chi connectivity index (χ1v) is 6.44. The number of amides is 2. The van der Waals surface area contributed by atoms with Gasteiger partial charge in [0.1, 0.15) is 6.04 Å². The third kappa shape index (κ3) is 5.14. The van der Waals surface area contributed by atoms with Crippen LogP contribution in [0.25, 0.3) is 0 Å². The molecule has 0 aliphatic heterocycles. The zero-order valence-corrected chi connectivity index (χ0v) is 11.6. The molecule has 0 saturated heterocycles.